The quantitative estimate of drug-likeness (QED) is 0.795. The Bertz CT molecular complexity index is 674. The normalized spacial score (nSPS) is 21.6. The van der Waals surface area contributed by atoms with Gasteiger partial charge in [-0.1, -0.05) is 18.6 Å². The zero-order valence-corrected chi connectivity index (χ0v) is 11.5. The van der Waals surface area contributed by atoms with Crippen molar-refractivity contribution in [3.05, 3.63) is 30.1 Å². The number of benzene rings is 1. The molecule has 2 atom stereocenters. The summed E-state index contributed by atoms with van der Waals surface area (Å²) in [5.41, 5.74) is 0.597. The van der Waals surface area contributed by atoms with Gasteiger partial charge in [0.25, 0.3) is 0 Å². The van der Waals surface area contributed by atoms with Crippen LogP contribution in [0.25, 0.3) is 10.9 Å². The Hall–Kier alpha value is -2.21. The first-order chi connectivity index (χ1) is 10.1. The van der Waals surface area contributed by atoms with Crippen LogP contribution in [-0.2, 0) is 0 Å². The van der Waals surface area contributed by atoms with Crippen molar-refractivity contribution in [2.45, 2.75) is 25.4 Å². The number of hydrogen-bond donors (Lipinski definition) is 3. The lowest BCUT2D eigenvalue weighted by Crippen LogP contribution is -2.22. The van der Waals surface area contributed by atoms with E-state index in [0.717, 1.165) is 24.6 Å². The van der Waals surface area contributed by atoms with Gasteiger partial charge in [-0.3, -0.25) is 0 Å². The Morgan fingerprint density at radius 1 is 1.29 bits per heavy atom. The minimum absolute atomic E-state index is 0.187. The molecule has 1 aromatic heterocycles. The third kappa shape index (κ3) is 2.80. The highest BCUT2D eigenvalue weighted by molar-refractivity contribution is 5.93. The Balaban J connectivity index is 1.90. The summed E-state index contributed by atoms with van der Waals surface area (Å²) < 4.78 is 0. The van der Waals surface area contributed by atoms with Crippen molar-refractivity contribution in [3.8, 4) is 0 Å². The zero-order chi connectivity index (χ0) is 14.8. The second kappa shape index (κ2) is 5.65. The molecule has 0 amide bonds. The summed E-state index contributed by atoms with van der Waals surface area (Å²) in [4.78, 5) is 19.2. The fourth-order valence-corrected chi connectivity index (χ4v) is 2.79. The molecule has 1 aliphatic carbocycles. The van der Waals surface area contributed by atoms with Crippen LogP contribution in [0, 0.1) is 5.92 Å². The van der Waals surface area contributed by atoms with Crippen molar-refractivity contribution in [2.75, 3.05) is 11.9 Å². The molecule has 2 aromatic rings. The summed E-state index contributed by atoms with van der Waals surface area (Å²) in [6, 6.07) is 7.29. The minimum Gasteiger partial charge on any atom is -0.475 e. The maximum atomic E-state index is 11.1. The van der Waals surface area contributed by atoms with Crippen LogP contribution in [0.15, 0.2) is 24.3 Å². The first-order valence-electron chi connectivity index (χ1n) is 7.07. The standard InChI is InChI=1S/C15H17N3O3/c19-12-7-3-4-9(12)8-16-13-10-5-1-2-6-11(10)17-14(18-13)15(20)21/h1-2,5-6,9,12,19H,3-4,7-8H2,(H,20,21)(H,16,17,18). The van der Waals surface area contributed by atoms with Crippen LogP contribution in [0.2, 0.25) is 0 Å². The molecular weight excluding hydrogens is 270 g/mol. The van der Waals surface area contributed by atoms with Crippen LogP contribution in [0.5, 0.6) is 0 Å². The highest BCUT2D eigenvalue weighted by atomic mass is 16.4. The van der Waals surface area contributed by atoms with E-state index in [0.29, 0.717) is 17.9 Å². The molecule has 0 aliphatic heterocycles. The Morgan fingerprint density at radius 2 is 2.10 bits per heavy atom. The Kier molecular flexibility index (Phi) is 3.70. The molecule has 110 valence electrons. The number of hydrogen-bond acceptors (Lipinski definition) is 5. The Labute approximate surface area is 121 Å². The predicted molar refractivity (Wildman–Crippen MR) is 78.3 cm³/mol. The van der Waals surface area contributed by atoms with E-state index in [-0.39, 0.29) is 17.8 Å². The zero-order valence-electron chi connectivity index (χ0n) is 11.5. The van der Waals surface area contributed by atoms with E-state index in [1.807, 2.05) is 18.2 Å². The minimum atomic E-state index is -1.15. The van der Waals surface area contributed by atoms with Crippen molar-refractivity contribution in [2.24, 2.45) is 5.92 Å². The van der Waals surface area contributed by atoms with E-state index < -0.39 is 5.97 Å². The molecule has 6 heteroatoms. The lowest BCUT2D eigenvalue weighted by molar-refractivity contribution is 0.0684. The molecule has 2 unspecified atom stereocenters. The number of para-hydroxylation sites is 1. The molecule has 1 saturated carbocycles. The van der Waals surface area contributed by atoms with Crippen LogP contribution in [-0.4, -0.2) is 38.8 Å². The third-order valence-corrected chi connectivity index (χ3v) is 3.95. The van der Waals surface area contributed by atoms with E-state index in [4.69, 9.17) is 5.11 Å². The fraction of sp³-hybridized carbons (Fsp3) is 0.400. The van der Waals surface area contributed by atoms with Gasteiger partial charge in [-0.2, -0.15) is 0 Å². The average molecular weight is 287 g/mol. The number of aliphatic hydroxyl groups excluding tert-OH is 1. The molecule has 0 radical (unpaired) electrons. The van der Waals surface area contributed by atoms with Crippen molar-refractivity contribution in [1.82, 2.24) is 9.97 Å². The summed E-state index contributed by atoms with van der Waals surface area (Å²) in [5.74, 6) is -0.669. The van der Waals surface area contributed by atoms with E-state index in [1.54, 1.807) is 6.07 Å². The van der Waals surface area contributed by atoms with Gasteiger partial charge >= 0.3 is 5.97 Å². The SMILES string of the molecule is O=C(O)c1nc(NCC2CCCC2O)c2ccccc2n1. The smallest absolute Gasteiger partial charge is 0.374 e. The lowest BCUT2D eigenvalue weighted by atomic mass is 10.1. The summed E-state index contributed by atoms with van der Waals surface area (Å²) >= 11 is 0. The number of carboxylic acids is 1. The molecule has 0 saturated heterocycles. The van der Waals surface area contributed by atoms with Gasteiger partial charge in [0.1, 0.15) is 5.82 Å². The fourth-order valence-electron chi connectivity index (χ4n) is 2.79. The number of anilines is 1. The first-order valence-corrected chi connectivity index (χ1v) is 7.07. The number of aromatic nitrogens is 2. The first kappa shape index (κ1) is 13.8. The van der Waals surface area contributed by atoms with Crippen molar-refractivity contribution in [3.63, 3.8) is 0 Å². The van der Waals surface area contributed by atoms with Crippen LogP contribution in [0.1, 0.15) is 29.9 Å². The number of carbonyl (C=O) groups is 1. The lowest BCUT2D eigenvalue weighted by Gasteiger charge is -2.16. The topological polar surface area (TPSA) is 95.3 Å². The van der Waals surface area contributed by atoms with E-state index >= 15 is 0 Å². The molecule has 1 aliphatic rings. The highest BCUT2D eigenvalue weighted by Crippen LogP contribution is 2.27. The molecule has 21 heavy (non-hydrogen) atoms. The van der Waals surface area contributed by atoms with Crippen LogP contribution < -0.4 is 5.32 Å². The van der Waals surface area contributed by atoms with E-state index in [1.165, 1.54) is 0 Å². The van der Waals surface area contributed by atoms with Gasteiger partial charge in [-0.05, 0) is 25.0 Å². The third-order valence-electron chi connectivity index (χ3n) is 3.95. The molecular formula is C15H17N3O3. The maximum Gasteiger partial charge on any atom is 0.374 e. The van der Waals surface area contributed by atoms with Gasteiger partial charge in [0.05, 0.1) is 11.6 Å². The van der Waals surface area contributed by atoms with Crippen LogP contribution in [0.3, 0.4) is 0 Å². The molecule has 0 bridgehead atoms. The molecule has 3 N–H and O–H groups in total. The number of nitrogens with zero attached hydrogens (tertiary/aromatic N) is 2. The van der Waals surface area contributed by atoms with Gasteiger partial charge in [0, 0.05) is 17.8 Å². The van der Waals surface area contributed by atoms with Gasteiger partial charge in [-0.15, -0.1) is 0 Å². The predicted octanol–water partition coefficient (Wildman–Crippen LogP) is 1.90. The number of rotatable bonds is 4. The molecule has 1 aromatic carbocycles. The molecule has 3 rings (SSSR count). The summed E-state index contributed by atoms with van der Waals surface area (Å²) in [6.07, 6.45) is 2.54. The van der Waals surface area contributed by atoms with E-state index in [9.17, 15) is 9.90 Å². The maximum absolute atomic E-state index is 11.1. The number of aliphatic hydroxyl groups is 1. The number of carboxylic acid groups (broad SMARTS) is 1. The average Bonchev–Trinajstić information content (AvgIpc) is 2.89. The summed E-state index contributed by atoms with van der Waals surface area (Å²) in [6.45, 7) is 0.585. The molecule has 1 heterocycles. The summed E-state index contributed by atoms with van der Waals surface area (Å²) in [5, 5.41) is 22.9. The molecule has 0 spiro atoms. The highest BCUT2D eigenvalue weighted by Gasteiger charge is 2.25. The second-order valence-electron chi connectivity index (χ2n) is 5.36. The number of fused-ring (bicyclic) bond motifs is 1. The van der Waals surface area contributed by atoms with Crippen molar-refractivity contribution >= 4 is 22.7 Å². The largest absolute Gasteiger partial charge is 0.475 e. The van der Waals surface area contributed by atoms with Crippen molar-refractivity contribution < 1.29 is 15.0 Å². The molecule has 6 nitrogen and oxygen atoms in total. The van der Waals surface area contributed by atoms with Crippen LogP contribution in [0.4, 0.5) is 5.82 Å². The van der Waals surface area contributed by atoms with Gasteiger partial charge < -0.3 is 15.5 Å². The van der Waals surface area contributed by atoms with Gasteiger partial charge in [0.15, 0.2) is 0 Å². The molecule has 1 fully saturated rings. The Morgan fingerprint density at radius 3 is 2.81 bits per heavy atom. The van der Waals surface area contributed by atoms with E-state index in [2.05, 4.69) is 15.3 Å². The van der Waals surface area contributed by atoms with Crippen molar-refractivity contribution in [1.29, 1.82) is 0 Å². The van der Waals surface area contributed by atoms with Gasteiger partial charge in [0.2, 0.25) is 5.82 Å². The summed E-state index contributed by atoms with van der Waals surface area (Å²) in [7, 11) is 0. The number of nitrogens with one attached hydrogen (secondary N) is 1. The number of aromatic carboxylic acids is 1. The second-order valence-corrected chi connectivity index (χ2v) is 5.36. The monoisotopic (exact) mass is 287 g/mol. The van der Waals surface area contributed by atoms with Crippen LogP contribution >= 0.6 is 0 Å². The van der Waals surface area contributed by atoms with Gasteiger partial charge in [-0.25, -0.2) is 14.8 Å².